The van der Waals surface area contributed by atoms with Crippen LogP contribution >= 0.6 is 0 Å². The van der Waals surface area contributed by atoms with Crippen molar-refractivity contribution in [3.63, 3.8) is 0 Å². The lowest BCUT2D eigenvalue weighted by molar-refractivity contribution is -0.308. The van der Waals surface area contributed by atoms with E-state index in [-0.39, 0.29) is 24.6 Å². The molecule has 6 aromatic rings. The van der Waals surface area contributed by atoms with Crippen molar-refractivity contribution in [1.82, 2.24) is 30.9 Å². The molecule has 9 N–H and O–H groups in total. The van der Waals surface area contributed by atoms with Gasteiger partial charge >= 0.3 is 0 Å². The second-order valence-corrected chi connectivity index (χ2v) is 11.3. The van der Waals surface area contributed by atoms with E-state index in [9.17, 15) is 14.7 Å². The van der Waals surface area contributed by atoms with Gasteiger partial charge in [-0.15, -0.1) is 0 Å². The second-order valence-electron chi connectivity index (χ2n) is 11.3. The number of H-pyrrole nitrogens is 3. The minimum Gasteiger partial charge on any atom is -0.548 e. The van der Waals surface area contributed by atoms with Gasteiger partial charge in [-0.1, -0.05) is 54.6 Å². The number of para-hydroxylation sites is 3. The fourth-order valence-corrected chi connectivity index (χ4v) is 5.51. The van der Waals surface area contributed by atoms with E-state index in [1.165, 1.54) is 10.9 Å². The van der Waals surface area contributed by atoms with Crippen LogP contribution in [0.3, 0.4) is 0 Å². The third-order valence-corrected chi connectivity index (χ3v) is 8.29. The number of hydrogen-bond donors (Lipinski definition) is 8. The molecule has 11 heteroatoms. The first-order valence-corrected chi connectivity index (χ1v) is 15.6. The highest BCUT2D eigenvalue weighted by Crippen LogP contribution is 2.21. The van der Waals surface area contributed by atoms with Crippen molar-refractivity contribution in [1.29, 1.82) is 0 Å². The molecule has 1 amide bonds. The zero-order chi connectivity index (χ0) is 33.8. The molecule has 6 rings (SSSR count). The van der Waals surface area contributed by atoms with Crippen LogP contribution in [0, 0.1) is 0 Å². The van der Waals surface area contributed by atoms with Crippen LogP contribution in [0.25, 0.3) is 32.7 Å². The fourth-order valence-electron chi connectivity index (χ4n) is 5.51. The van der Waals surface area contributed by atoms with Gasteiger partial charge in [0.25, 0.3) is 0 Å². The standard InChI is InChI=1S/C12H15N3O.C12H14N2O2.C12H16N2O/c1-14-11(12(13)16)6-8-7-15-10-5-3-2-4-9(8)10;1-13-11(12(15)16)6-8-7-14-10-5-3-2-4-9(8)10;1-13-10(8-15)6-9-7-14-12-5-3-2-4-11(9)12/h2-5,7,11,14-15H,6H2,1H3,(H2,13,16);2-5,7,11,13-14H,6H2,1H3,(H,15,16);2-5,7,10,13-15H,6,8H2,1H3/p-1. The van der Waals surface area contributed by atoms with Gasteiger partial charge in [0.05, 0.1) is 24.7 Å². The van der Waals surface area contributed by atoms with Gasteiger partial charge in [0, 0.05) is 57.3 Å². The summed E-state index contributed by atoms with van der Waals surface area (Å²) in [6.45, 7) is 0.163. The fraction of sp³-hybridized carbons (Fsp3) is 0.278. The number of amides is 1. The maximum atomic E-state index is 11.1. The van der Waals surface area contributed by atoms with Crippen LogP contribution in [-0.4, -0.2) is 77.8 Å². The number of aliphatic hydroxyl groups excluding tert-OH is 1. The third kappa shape index (κ3) is 9.08. The normalized spacial score (nSPS) is 12.9. The first-order valence-electron chi connectivity index (χ1n) is 15.6. The van der Waals surface area contributed by atoms with E-state index in [4.69, 9.17) is 10.8 Å². The van der Waals surface area contributed by atoms with Crippen molar-refractivity contribution in [2.45, 2.75) is 37.4 Å². The molecule has 0 aliphatic carbocycles. The first kappa shape index (κ1) is 34.9. The smallest absolute Gasteiger partial charge is 0.234 e. The molecule has 0 spiro atoms. The van der Waals surface area contributed by atoms with Crippen molar-refractivity contribution in [2.24, 2.45) is 5.73 Å². The van der Waals surface area contributed by atoms with E-state index in [1.54, 1.807) is 14.1 Å². The Labute approximate surface area is 274 Å². The summed E-state index contributed by atoms with van der Waals surface area (Å²) >= 11 is 0. The second kappa shape index (κ2) is 17.1. The maximum absolute atomic E-state index is 11.1. The zero-order valence-electron chi connectivity index (χ0n) is 27.0. The number of primary amides is 1. The molecule has 0 fully saturated rings. The number of aromatic amines is 3. The number of hydrogen-bond acceptors (Lipinski definition) is 7. The summed E-state index contributed by atoms with van der Waals surface area (Å²) in [5.41, 5.74) is 11.9. The number of nitrogens with two attached hydrogens (primary N) is 1. The number of fused-ring (bicyclic) bond motifs is 3. The van der Waals surface area contributed by atoms with Crippen LogP contribution in [0.1, 0.15) is 16.7 Å². The number of nitrogens with one attached hydrogen (secondary N) is 6. The largest absolute Gasteiger partial charge is 0.548 e. The molecule has 0 bridgehead atoms. The number of carbonyl (C=O) groups is 2. The monoisotopic (exact) mass is 638 g/mol. The van der Waals surface area contributed by atoms with Crippen LogP contribution in [0.2, 0.25) is 0 Å². The average Bonchev–Trinajstić information content (AvgIpc) is 3.82. The Hall–Kier alpha value is -4.94. The van der Waals surface area contributed by atoms with E-state index in [2.05, 4.69) is 43.0 Å². The van der Waals surface area contributed by atoms with Crippen LogP contribution in [-0.2, 0) is 28.9 Å². The molecule has 248 valence electrons. The van der Waals surface area contributed by atoms with Crippen molar-refractivity contribution in [3.8, 4) is 0 Å². The van der Waals surface area contributed by atoms with Crippen molar-refractivity contribution < 1.29 is 19.8 Å². The summed E-state index contributed by atoms with van der Waals surface area (Å²) in [6.07, 6.45) is 7.66. The molecule has 3 unspecified atom stereocenters. The zero-order valence-corrected chi connectivity index (χ0v) is 27.0. The van der Waals surface area contributed by atoms with Crippen LogP contribution < -0.4 is 26.8 Å². The molecule has 47 heavy (non-hydrogen) atoms. The molecule has 0 saturated carbocycles. The molecule has 3 heterocycles. The predicted octanol–water partition coefficient (Wildman–Crippen LogP) is 2.12. The molecule has 0 aliphatic rings. The number of likely N-dealkylation sites (N-methyl/N-ethyl adjacent to an activating group) is 3. The highest BCUT2D eigenvalue weighted by atomic mass is 16.4. The summed E-state index contributed by atoms with van der Waals surface area (Å²) in [4.78, 5) is 31.5. The third-order valence-electron chi connectivity index (χ3n) is 8.29. The Balaban J connectivity index is 0.000000160. The quantitative estimate of drug-likeness (QED) is 0.101. The molecule has 11 nitrogen and oxygen atoms in total. The Morgan fingerprint density at radius 1 is 0.660 bits per heavy atom. The molecular weight excluding hydrogens is 594 g/mol. The lowest BCUT2D eigenvalue weighted by atomic mass is 10.0. The van der Waals surface area contributed by atoms with Gasteiger partial charge in [-0.2, -0.15) is 0 Å². The lowest BCUT2D eigenvalue weighted by Crippen LogP contribution is -2.45. The Morgan fingerprint density at radius 2 is 1.04 bits per heavy atom. The molecule has 3 aromatic carbocycles. The number of rotatable bonds is 12. The number of aromatic nitrogens is 3. The first-order chi connectivity index (χ1) is 22.8. The topological polar surface area (TPSA) is 187 Å². The number of aliphatic carboxylic acids is 1. The SMILES string of the molecule is CNC(CO)Cc1c[nH]c2ccccc12.CNC(Cc1c[nH]c2ccccc12)C(=O)[O-].CNC(Cc1c[nH]c2ccccc12)C(N)=O. The summed E-state index contributed by atoms with van der Waals surface area (Å²) in [7, 11) is 5.23. The number of aliphatic hydroxyl groups is 1. The van der Waals surface area contributed by atoms with Gasteiger partial charge in [0.15, 0.2) is 0 Å². The molecule has 0 radical (unpaired) electrons. The van der Waals surface area contributed by atoms with Crippen molar-refractivity contribution in [2.75, 3.05) is 27.7 Å². The molecular formula is C36H44N7O4-. The van der Waals surface area contributed by atoms with E-state index >= 15 is 0 Å². The summed E-state index contributed by atoms with van der Waals surface area (Å²) in [6, 6.07) is 23.2. The van der Waals surface area contributed by atoms with E-state index in [0.29, 0.717) is 12.8 Å². The highest BCUT2D eigenvalue weighted by Gasteiger charge is 2.15. The van der Waals surface area contributed by atoms with Gasteiger partial charge in [0.1, 0.15) is 0 Å². The Morgan fingerprint density at radius 3 is 1.38 bits per heavy atom. The van der Waals surface area contributed by atoms with Gasteiger partial charge < -0.3 is 51.6 Å². The van der Waals surface area contributed by atoms with Crippen LogP contribution in [0.15, 0.2) is 91.4 Å². The maximum Gasteiger partial charge on any atom is 0.234 e. The minimum absolute atomic E-state index is 0.129. The minimum atomic E-state index is -1.08. The summed E-state index contributed by atoms with van der Waals surface area (Å²) < 4.78 is 0. The van der Waals surface area contributed by atoms with E-state index in [1.807, 2.05) is 86.3 Å². The highest BCUT2D eigenvalue weighted by molar-refractivity contribution is 5.86. The molecule has 0 aliphatic heterocycles. The van der Waals surface area contributed by atoms with E-state index < -0.39 is 12.0 Å². The van der Waals surface area contributed by atoms with Gasteiger partial charge in [0.2, 0.25) is 5.91 Å². The van der Waals surface area contributed by atoms with Crippen molar-refractivity contribution >= 4 is 44.6 Å². The summed E-state index contributed by atoms with van der Waals surface area (Å²) in [5, 5.41) is 32.1. The Kier molecular flexibility index (Phi) is 12.7. The number of carbonyl (C=O) groups excluding carboxylic acids is 2. The van der Waals surface area contributed by atoms with Crippen LogP contribution in [0.5, 0.6) is 0 Å². The molecule has 3 aromatic heterocycles. The van der Waals surface area contributed by atoms with Gasteiger partial charge in [-0.25, -0.2) is 0 Å². The van der Waals surface area contributed by atoms with E-state index in [0.717, 1.165) is 44.9 Å². The van der Waals surface area contributed by atoms with Gasteiger partial charge in [-0.3, -0.25) is 4.79 Å². The van der Waals surface area contributed by atoms with Crippen molar-refractivity contribution in [3.05, 3.63) is 108 Å². The number of carboxylic acids is 1. The Bertz CT molecular complexity index is 1780. The van der Waals surface area contributed by atoms with Crippen LogP contribution in [0.4, 0.5) is 0 Å². The van der Waals surface area contributed by atoms with Gasteiger partial charge in [-0.05, 0) is 75.3 Å². The number of carboxylic acid groups (broad SMARTS) is 1. The molecule has 0 saturated heterocycles. The predicted molar refractivity (Wildman–Crippen MR) is 186 cm³/mol. The molecule has 3 atom stereocenters. The average molecular weight is 639 g/mol. The lowest BCUT2D eigenvalue weighted by Gasteiger charge is -2.16. The number of benzene rings is 3. The summed E-state index contributed by atoms with van der Waals surface area (Å²) in [5.74, 6) is -1.40.